The Bertz CT molecular complexity index is 5490. The lowest BCUT2D eigenvalue weighted by atomic mass is 9.77. The van der Waals surface area contributed by atoms with Crippen LogP contribution in [0.3, 0.4) is 0 Å². The van der Waals surface area contributed by atoms with Crippen molar-refractivity contribution in [3.05, 3.63) is 155 Å². The summed E-state index contributed by atoms with van der Waals surface area (Å²) < 4.78 is 84.5. The summed E-state index contributed by atoms with van der Waals surface area (Å²) in [7, 11) is -5.90. The molecule has 37 nitrogen and oxygen atoms in total. The van der Waals surface area contributed by atoms with Crippen molar-refractivity contribution in [3.8, 4) is 57.5 Å². The highest BCUT2D eigenvalue weighted by Gasteiger charge is 2.45. The molecule has 17 rings (SSSR count). The monoisotopic (exact) mass is 1960 g/mol. The van der Waals surface area contributed by atoms with Gasteiger partial charge in [0.1, 0.15) is 145 Å². The van der Waals surface area contributed by atoms with E-state index in [9.17, 15) is 83.4 Å². The number of aromatic carboxylic acids is 5. The van der Waals surface area contributed by atoms with Crippen LogP contribution in [0.25, 0.3) is 0 Å². The molecule has 670 valence electrons. The number of halogens is 2. The maximum atomic E-state index is 13.0. The minimum Gasteiger partial charge on any atom is -0.534 e. The van der Waals surface area contributed by atoms with Crippen molar-refractivity contribution >= 4 is 197 Å². The second-order valence-electron chi connectivity index (χ2n) is 28.1. The van der Waals surface area contributed by atoms with E-state index in [0.29, 0.717) is 91.8 Å². The second-order valence-corrected chi connectivity index (χ2v) is 40.8. The van der Waals surface area contributed by atoms with Crippen molar-refractivity contribution in [3.63, 3.8) is 0 Å². The number of carbonyl (C=O) groups is 5. The van der Waals surface area contributed by atoms with Gasteiger partial charge in [-0.3, -0.25) is 0 Å². The number of unbranched alkanes of at least 4 members (excludes halogenated alkanes) is 1. The molecule has 0 saturated heterocycles. The number of ether oxygens (including phenoxy) is 5. The number of aromatic nitrogens is 11. The first-order valence-corrected chi connectivity index (χ1v) is 48.2. The van der Waals surface area contributed by atoms with Gasteiger partial charge in [0.25, 0.3) is 0 Å². The van der Waals surface area contributed by atoms with Gasteiger partial charge in [-0.15, -0.1) is 62.3 Å². The zero-order valence-corrected chi connectivity index (χ0v) is 76.0. The quantitative estimate of drug-likeness (QED) is 0.0142. The number of carboxylic acid groups (broad SMARTS) is 5. The number of nitrogens with zero attached hydrogens (tertiary/aromatic N) is 11. The molecule has 1 fully saturated rings. The first-order valence-electron chi connectivity index (χ1n) is 38.6. The van der Waals surface area contributed by atoms with Crippen LogP contribution in [0.5, 0.6) is 57.5 Å². The fourth-order valence-electron chi connectivity index (χ4n) is 12.7. The van der Waals surface area contributed by atoms with Crippen LogP contribution >= 0.6 is 127 Å². The Balaban J connectivity index is 0.000000137. The number of benzene rings is 5. The highest BCUT2D eigenvalue weighted by molar-refractivity contribution is 8.04. The van der Waals surface area contributed by atoms with E-state index in [4.69, 9.17) is 52.7 Å². The number of thiazole rings is 1. The van der Waals surface area contributed by atoms with Gasteiger partial charge in [0.05, 0.1) is 39.0 Å². The van der Waals surface area contributed by atoms with Crippen LogP contribution in [-0.2, 0) is 38.7 Å². The van der Waals surface area contributed by atoms with Gasteiger partial charge in [-0.25, -0.2) is 37.7 Å². The molecule has 11 aromatic rings. The van der Waals surface area contributed by atoms with Crippen LogP contribution in [0.4, 0.5) is 13.9 Å². The minimum absolute atomic E-state index is 0.00375. The third kappa shape index (κ3) is 25.3. The van der Waals surface area contributed by atoms with Crippen LogP contribution in [0, 0.1) is 5.92 Å². The standard InChI is InChI=1S/C15H12BN3O5S3.C15H15BN2O5S2.C15H17BN2O5S2.C14H15BFN3O5S2.C14H14BFN2O5S2/c20-14(21)12-9(23-6-11-17-3-4-25-11)2-1-8-5-10(16(22)24-13(8)12)27-15-19-18-7-26-15;19-14(20)12-10(22-6-8-1-2-8)4-3-9-5-11(16(21)23-13(9)12)25-15-18-17-7-24-15;1-2-3-6-22-10-5-4-9-7-11(25-15-18-17-8-24-15)16(21)23-13(9)12(10)14(19)20;1-6(16)5-23-8-3-2-7-4-9(25-14-19-18-13(17)26-14)15(22)24-11(7)10(8)12(20)21;1-7(16)5-22-9-3-2-8-4-10(25-14-18-17-6-24-14)15(21)23-12(8)11(9)13(19)20/h1-4,7,10,22H,5-6H2,(H,20,21);3-4,7-8,11,21H,1-2,5-6H2,(H,19,20);4-5,8,11,21H,2-3,6-7H2,1H3,(H,19,20);2-3,6,9,22H,4-5H2,1H3,(H2,17,18)(H,20,21);2-3,6-7,10,21H,4-5H2,1H3,(H,19,20)/t10-;2*11-;6?,9-;7?,10-/m00000/s1. The van der Waals surface area contributed by atoms with Gasteiger partial charge in [-0.2, -0.15) is 0 Å². The van der Waals surface area contributed by atoms with Crippen molar-refractivity contribution in [2.75, 3.05) is 32.2 Å². The summed E-state index contributed by atoms with van der Waals surface area (Å²) in [6, 6.07) is 16.6. The highest BCUT2D eigenvalue weighted by Crippen LogP contribution is 2.48. The highest BCUT2D eigenvalue weighted by atomic mass is 32.2. The van der Waals surface area contributed by atoms with E-state index in [-0.39, 0.29) is 120 Å². The number of anilines is 1. The average molecular weight is 1960 g/mol. The van der Waals surface area contributed by atoms with E-state index in [0.717, 1.165) is 50.5 Å². The molecule has 1 saturated carbocycles. The normalized spacial score (nSPS) is 17.2. The zero-order valence-electron chi connectivity index (χ0n) is 67.0. The summed E-state index contributed by atoms with van der Waals surface area (Å²) in [5, 5.41) is 139. The zero-order chi connectivity index (χ0) is 90.8. The topological polar surface area (TPSA) is 548 Å². The van der Waals surface area contributed by atoms with Crippen LogP contribution in [0.1, 0.15) is 131 Å². The third-order valence-corrected chi connectivity index (χ3v) is 29.7. The summed E-state index contributed by atoms with van der Waals surface area (Å²) >= 11 is 14.8. The van der Waals surface area contributed by atoms with Crippen molar-refractivity contribution < 1.29 is 130 Å². The van der Waals surface area contributed by atoms with E-state index >= 15 is 0 Å². The van der Waals surface area contributed by atoms with Crippen LogP contribution in [-0.4, -0.2) is 237 Å². The van der Waals surface area contributed by atoms with E-state index < -0.39 is 82.9 Å². The Labute approximate surface area is 773 Å². The maximum absolute atomic E-state index is 13.0. The summed E-state index contributed by atoms with van der Waals surface area (Å²) in [6.45, 7) is 5.22. The molecule has 55 heteroatoms. The summed E-state index contributed by atoms with van der Waals surface area (Å²) in [6.07, 6.45) is 5.31. The van der Waals surface area contributed by atoms with Gasteiger partial charge < -0.3 is 103 Å². The van der Waals surface area contributed by atoms with E-state index in [1.165, 1.54) is 153 Å². The summed E-state index contributed by atoms with van der Waals surface area (Å²) in [4.78, 5) is 62.7. The minimum atomic E-state index is -1.28. The molecule has 1 aliphatic carbocycles. The number of rotatable bonds is 31. The number of hydrogen-bond donors (Lipinski definition) is 11. The Hall–Kier alpha value is -9.59. The van der Waals surface area contributed by atoms with Gasteiger partial charge in [0, 0.05) is 11.6 Å². The SMILES string of the molecule is CC(F)COc1ccc2c(c1C(=O)O)OB(O)[C@@H](Sc1nnc(N)s1)C2.CC(F)COc1ccc2c(c1C(=O)O)OB(O)[C@@H](Sc1nncs1)C2.CCCCOc1ccc2c(c1C(=O)O)OB(O)[C@@H](Sc1nncs1)C2.O=C(O)c1c(OCC2CC2)ccc2c1OB(O)[C@@H](Sc1nncs1)C2.O=C(O)c1c(OCc2nccs2)ccc2c1OB(O)[C@@H](Sc1nncs1)C2. The molecule has 2 unspecified atom stereocenters. The fourth-order valence-corrected chi connectivity index (χ4v) is 22.3. The van der Waals surface area contributed by atoms with E-state index in [1.807, 2.05) is 18.4 Å². The smallest absolute Gasteiger partial charge is 0.534 e. The summed E-state index contributed by atoms with van der Waals surface area (Å²) in [5.74, 6) is -4.11. The number of thioether (sulfide) groups is 5. The van der Waals surface area contributed by atoms with Crippen molar-refractivity contribution in [2.24, 2.45) is 5.92 Å². The molecule has 5 aliphatic heterocycles. The predicted octanol–water partition coefficient (Wildman–Crippen LogP) is 10.8. The molecule has 5 aromatic carbocycles. The number of nitrogens with two attached hydrogens (primary N) is 1. The van der Waals surface area contributed by atoms with Crippen LogP contribution in [0.2, 0.25) is 0 Å². The molecular formula is C73H73B5F2N12O25S11. The lowest BCUT2D eigenvalue weighted by Crippen LogP contribution is -2.40. The molecular weight excluding hydrogens is 1890 g/mol. The Morgan fingerprint density at radius 1 is 0.445 bits per heavy atom. The van der Waals surface area contributed by atoms with Crippen molar-refractivity contribution in [2.45, 2.75) is 145 Å². The largest absolute Gasteiger partial charge is 0.537 e. The van der Waals surface area contributed by atoms with Gasteiger partial charge in [-0.1, -0.05) is 159 Å². The molecule has 11 heterocycles. The van der Waals surface area contributed by atoms with Crippen LogP contribution < -0.4 is 52.7 Å². The first-order chi connectivity index (χ1) is 61.6. The third-order valence-electron chi connectivity index (χ3n) is 18.7. The van der Waals surface area contributed by atoms with E-state index in [2.05, 4.69) is 56.0 Å². The van der Waals surface area contributed by atoms with Crippen molar-refractivity contribution in [1.82, 2.24) is 56.0 Å². The fraction of sp³-hybridized carbons (Fsp3) is 0.342. The molecule has 128 heavy (non-hydrogen) atoms. The second kappa shape index (κ2) is 45.3. The number of nitrogen functional groups attached to an aromatic ring is 1. The molecule has 6 aliphatic rings. The van der Waals surface area contributed by atoms with E-state index in [1.54, 1.807) is 70.7 Å². The molecule has 12 N–H and O–H groups in total. The Morgan fingerprint density at radius 2 is 0.758 bits per heavy atom. The first kappa shape index (κ1) is 96.0. The molecule has 7 atom stereocenters. The molecule has 6 aromatic heterocycles. The predicted molar refractivity (Wildman–Crippen MR) is 478 cm³/mol. The number of fused-ring (bicyclic) bond motifs is 5. The van der Waals surface area contributed by atoms with Gasteiger partial charge in [0.15, 0.2) is 21.7 Å². The molecule has 0 bridgehead atoms. The maximum Gasteiger partial charge on any atom is 0.537 e. The molecule has 0 amide bonds. The Kier molecular flexibility index (Phi) is 34.0. The lowest BCUT2D eigenvalue weighted by Gasteiger charge is -2.28. The Morgan fingerprint density at radius 3 is 1.02 bits per heavy atom. The number of alkyl halides is 2. The number of carboxylic acids is 5. The lowest BCUT2D eigenvalue weighted by molar-refractivity contribution is 0.0676. The number of hydrogen-bond acceptors (Lipinski definition) is 43. The van der Waals surface area contributed by atoms with Crippen LogP contribution in [0.15, 0.2) is 116 Å². The molecule has 0 spiro atoms. The van der Waals surface area contributed by atoms with Gasteiger partial charge >= 0.3 is 65.4 Å². The summed E-state index contributed by atoms with van der Waals surface area (Å²) in [5.41, 5.74) is 14.8. The van der Waals surface area contributed by atoms with Gasteiger partial charge in [0.2, 0.25) is 5.13 Å². The van der Waals surface area contributed by atoms with Crippen molar-refractivity contribution in [1.29, 1.82) is 0 Å². The molecule has 0 radical (unpaired) electrons. The van der Waals surface area contributed by atoms with Gasteiger partial charge in [-0.05, 0) is 129 Å². The average Bonchev–Trinajstić information content (AvgIpc) is 1.31.